The molecular formula is C24H31FO6. The van der Waals surface area contributed by atoms with Gasteiger partial charge in [0.1, 0.15) is 6.61 Å². The van der Waals surface area contributed by atoms with Crippen molar-refractivity contribution in [3.8, 4) is 0 Å². The second kappa shape index (κ2) is 6.13. The zero-order valence-corrected chi connectivity index (χ0v) is 18.5. The van der Waals surface area contributed by atoms with Gasteiger partial charge in [0.25, 0.3) is 0 Å². The average Bonchev–Trinajstić information content (AvgIpc) is 3.09. The molecule has 6 nitrogen and oxygen atoms in total. The van der Waals surface area contributed by atoms with Gasteiger partial charge >= 0.3 is 0 Å². The van der Waals surface area contributed by atoms with Gasteiger partial charge in [-0.3, -0.25) is 9.59 Å². The maximum absolute atomic E-state index is 17.1. The fraction of sp³-hybridized carbons (Fsp3) is 0.750. The topological polar surface area (TPSA) is 93.1 Å². The summed E-state index contributed by atoms with van der Waals surface area (Å²) in [5.41, 5.74) is -4.66. The van der Waals surface area contributed by atoms with E-state index in [2.05, 4.69) is 0 Å². The molecule has 4 aliphatic carbocycles. The van der Waals surface area contributed by atoms with Gasteiger partial charge < -0.3 is 19.7 Å². The number of ketones is 2. The van der Waals surface area contributed by atoms with E-state index >= 15 is 4.39 Å². The molecule has 0 bridgehead atoms. The van der Waals surface area contributed by atoms with Crippen molar-refractivity contribution in [1.82, 2.24) is 0 Å². The molecule has 7 heteroatoms. The van der Waals surface area contributed by atoms with E-state index in [0.29, 0.717) is 19.3 Å². The van der Waals surface area contributed by atoms with E-state index in [1.807, 2.05) is 6.92 Å². The van der Waals surface area contributed by atoms with Crippen LogP contribution in [0.3, 0.4) is 0 Å². The number of aliphatic hydroxyl groups excluding tert-OH is 2. The molecule has 1 aliphatic heterocycles. The minimum atomic E-state index is -1.98. The minimum absolute atomic E-state index is 0.0109. The van der Waals surface area contributed by atoms with E-state index < -0.39 is 58.4 Å². The monoisotopic (exact) mass is 437 g/mol. The molecule has 8 atom stereocenters. The van der Waals surface area contributed by atoms with Crippen molar-refractivity contribution < 1.29 is 33.7 Å². The number of carbonyl (C=O) groups excluding carboxylic acids is 2. The summed E-state index contributed by atoms with van der Waals surface area (Å²) >= 11 is 0. The van der Waals surface area contributed by atoms with Crippen LogP contribution < -0.4 is 0 Å². The second-order valence-corrected chi connectivity index (χ2v) is 10.9. The van der Waals surface area contributed by atoms with Gasteiger partial charge in [0, 0.05) is 16.7 Å². The van der Waals surface area contributed by atoms with Crippen LogP contribution in [0.1, 0.15) is 53.4 Å². The van der Waals surface area contributed by atoms with Gasteiger partial charge in [0.15, 0.2) is 28.6 Å². The zero-order valence-electron chi connectivity index (χ0n) is 18.5. The zero-order chi connectivity index (χ0) is 22.6. The third-order valence-corrected chi connectivity index (χ3v) is 9.19. The Morgan fingerprint density at radius 2 is 1.97 bits per heavy atom. The van der Waals surface area contributed by atoms with Crippen LogP contribution in [0.4, 0.5) is 4.39 Å². The van der Waals surface area contributed by atoms with Gasteiger partial charge in [0.05, 0.1) is 12.2 Å². The van der Waals surface area contributed by atoms with Crippen molar-refractivity contribution in [2.75, 3.05) is 6.61 Å². The normalized spacial score (nSPS) is 52.1. The maximum Gasteiger partial charge on any atom is 0.193 e. The summed E-state index contributed by atoms with van der Waals surface area (Å²) in [5, 5.41) is 21.2. The van der Waals surface area contributed by atoms with E-state index in [1.54, 1.807) is 26.8 Å². The lowest BCUT2D eigenvalue weighted by molar-refractivity contribution is -0.246. The van der Waals surface area contributed by atoms with Crippen molar-refractivity contribution in [1.29, 1.82) is 0 Å². The Balaban J connectivity index is 1.64. The molecule has 0 spiro atoms. The largest absolute Gasteiger partial charge is 0.390 e. The van der Waals surface area contributed by atoms with E-state index in [0.717, 1.165) is 5.57 Å². The number of Topliss-reactive ketones (excluding diaryl/α,β-unsaturated/α-hetero) is 1. The van der Waals surface area contributed by atoms with Crippen LogP contribution in [0.5, 0.6) is 0 Å². The number of halogens is 1. The van der Waals surface area contributed by atoms with Crippen LogP contribution in [0, 0.1) is 22.7 Å². The highest BCUT2D eigenvalue weighted by Crippen LogP contribution is 2.72. The minimum Gasteiger partial charge on any atom is -0.390 e. The molecule has 4 fully saturated rings. The van der Waals surface area contributed by atoms with E-state index in [-0.39, 0.29) is 18.1 Å². The van der Waals surface area contributed by atoms with Gasteiger partial charge in [-0.05, 0) is 64.5 Å². The average molecular weight is 437 g/mol. The molecule has 5 rings (SSSR count). The van der Waals surface area contributed by atoms with Gasteiger partial charge in [-0.25, -0.2) is 4.39 Å². The summed E-state index contributed by atoms with van der Waals surface area (Å²) < 4.78 is 29.5. The number of alkyl halides is 1. The SMILES string of the molecule is C[C@@]12C=CC(=O)C=C1CC[C@@H]1[C@H]3C[C@@H]4O[13C]([13CH3])([13CH3])O[C@]4(C(=O)CO)[C@]3(C)C[C@@H](O)[C@]12F. The third-order valence-electron chi connectivity index (χ3n) is 9.19. The Hall–Kier alpha value is -1.41. The van der Waals surface area contributed by atoms with Crippen molar-refractivity contribution in [3.05, 3.63) is 23.8 Å². The van der Waals surface area contributed by atoms with Crippen LogP contribution in [-0.4, -0.2) is 57.7 Å². The lowest BCUT2D eigenvalue weighted by Gasteiger charge is -2.62. The molecular weight excluding hydrogens is 406 g/mol. The molecule has 0 aromatic carbocycles. The van der Waals surface area contributed by atoms with E-state index in [1.165, 1.54) is 12.2 Å². The smallest absolute Gasteiger partial charge is 0.193 e. The summed E-state index contributed by atoms with van der Waals surface area (Å²) in [6, 6.07) is 0. The lowest BCUT2D eigenvalue weighted by atomic mass is 9.44. The van der Waals surface area contributed by atoms with Crippen molar-refractivity contribution >= 4 is 11.6 Å². The van der Waals surface area contributed by atoms with Crippen molar-refractivity contribution in [2.45, 2.75) is 82.6 Å². The first-order chi connectivity index (χ1) is 14.4. The number of hydrogen-bond acceptors (Lipinski definition) is 6. The highest BCUT2D eigenvalue weighted by Gasteiger charge is 2.79. The number of ether oxygens (including phenoxy) is 2. The maximum atomic E-state index is 17.1. The van der Waals surface area contributed by atoms with Crippen LogP contribution >= 0.6 is 0 Å². The van der Waals surface area contributed by atoms with Crippen LogP contribution in [0.15, 0.2) is 23.8 Å². The predicted molar refractivity (Wildman–Crippen MR) is 109 cm³/mol. The number of hydrogen-bond donors (Lipinski definition) is 2. The molecule has 1 saturated heterocycles. The molecule has 0 radical (unpaired) electrons. The van der Waals surface area contributed by atoms with Gasteiger partial charge in [-0.15, -0.1) is 0 Å². The first kappa shape index (κ1) is 21.4. The quantitative estimate of drug-likeness (QED) is 0.645. The molecule has 0 aromatic heterocycles. The van der Waals surface area contributed by atoms with Crippen LogP contribution in [0.25, 0.3) is 0 Å². The molecule has 0 unspecified atom stereocenters. The Morgan fingerprint density at radius 3 is 2.65 bits per heavy atom. The number of allylic oxidation sites excluding steroid dienone is 4. The molecule has 31 heavy (non-hydrogen) atoms. The lowest BCUT2D eigenvalue weighted by Crippen LogP contribution is -2.70. The van der Waals surface area contributed by atoms with Gasteiger partial charge in [0.2, 0.25) is 0 Å². The Kier molecular flexibility index (Phi) is 4.24. The molecule has 3 saturated carbocycles. The van der Waals surface area contributed by atoms with Crippen LogP contribution in [-0.2, 0) is 19.1 Å². The second-order valence-electron chi connectivity index (χ2n) is 10.9. The molecule has 1 heterocycles. The van der Waals surface area contributed by atoms with Gasteiger partial charge in [-0.1, -0.05) is 18.6 Å². The first-order valence-electron chi connectivity index (χ1n) is 11.2. The third kappa shape index (κ3) is 2.31. The first-order valence-corrected chi connectivity index (χ1v) is 11.2. The summed E-state index contributed by atoms with van der Waals surface area (Å²) in [5.74, 6) is -2.46. The Morgan fingerprint density at radius 1 is 1.26 bits per heavy atom. The Bertz CT molecular complexity index is 925. The molecule has 2 N–H and O–H groups in total. The number of aliphatic hydroxyl groups is 2. The summed E-state index contributed by atoms with van der Waals surface area (Å²) in [6.07, 6.45) is 4.00. The summed E-state index contributed by atoms with van der Waals surface area (Å²) in [6.45, 7) is 6.41. The highest BCUT2D eigenvalue weighted by molar-refractivity contribution is 6.01. The molecule has 0 aromatic rings. The van der Waals surface area contributed by atoms with E-state index in [4.69, 9.17) is 9.47 Å². The number of fused-ring (bicyclic) bond motifs is 7. The van der Waals surface area contributed by atoms with Crippen LogP contribution in [0.2, 0.25) is 0 Å². The fourth-order valence-corrected chi connectivity index (χ4v) is 7.93. The fourth-order valence-electron chi connectivity index (χ4n) is 7.93. The highest BCUT2D eigenvalue weighted by atomic mass is 19.1. The molecule has 5 aliphatic rings. The summed E-state index contributed by atoms with van der Waals surface area (Å²) in [7, 11) is 0. The molecule has 0 amide bonds. The van der Waals surface area contributed by atoms with Crippen molar-refractivity contribution in [3.63, 3.8) is 0 Å². The van der Waals surface area contributed by atoms with Gasteiger partial charge in [-0.2, -0.15) is 0 Å². The Labute approximate surface area is 181 Å². The standard InChI is InChI=1S/C24H31FO6/c1-20(2)30-19-10-16-15-6-5-13-9-14(27)7-8-21(13,3)23(15,25)17(28)11-22(16,4)24(19,31-20)18(29)12-26/h7-9,15-17,19,26,28H,5-6,10-12H2,1-4H3/t15-,16-,17-,19+,21-,22-,23-,24+/m1/s1/i1+1,2+1,20+1. The van der Waals surface area contributed by atoms with Crippen molar-refractivity contribution in [2.24, 2.45) is 22.7 Å². The van der Waals surface area contributed by atoms with E-state index in [9.17, 15) is 19.8 Å². The number of rotatable bonds is 2. The summed E-state index contributed by atoms with van der Waals surface area (Å²) in [4.78, 5) is 25.1. The predicted octanol–water partition coefficient (Wildman–Crippen LogP) is 2.42. The number of carbonyl (C=O) groups is 2. The molecule has 170 valence electrons.